The molecule has 2 nitrogen and oxygen atoms in total. The Hall–Kier alpha value is -0.370. The molecule has 1 saturated carbocycles. The van der Waals surface area contributed by atoms with Crippen LogP contribution in [0.15, 0.2) is 0 Å². The standard InChI is InChI=1S/C14H27NO/c1-5-15(6-2)13-9-7-12(8-10-13)14(16)11(3)4/h11-13H,5-10H2,1-4H3. The van der Waals surface area contributed by atoms with Crippen molar-refractivity contribution in [2.24, 2.45) is 11.8 Å². The Morgan fingerprint density at radius 1 is 1.12 bits per heavy atom. The summed E-state index contributed by atoms with van der Waals surface area (Å²) < 4.78 is 0. The van der Waals surface area contributed by atoms with Gasteiger partial charge in [-0.25, -0.2) is 0 Å². The third-order valence-electron chi connectivity index (χ3n) is 4.00. The molecule has 0 bridgehead atoms. The Kier molecular flexibility index (Phi) is 5.47. The fourth-order valence-corrected chi connectivity index (χ4v) is 2.94. The Morgan fingerprint density at radius 3 is 2.00 bits per heavy atom. The quantitative estimate of drug-likeness (QED) is 0.716. The highest BCUT2D eigenvalue weighted by Gasteiger charge is 2.29. The molecule has 0 aromatic heterocycles. The molecule has 1 fully saturated rings. The molecule has 0 aromatic rings. The van der Waals surface area contributed by atoms with Gasteiger partial charge in [0, 0.05) is 17.9 Å². The minimum absolute atomic E-state index is 0.218. The molecule has 1 aliphatic rings. The van der Waals surface area contributed by atoms with Crippen molar-refractivity contribution in [1.82, 2.24) is 4.90 Å². The second-order valence-corrected chi connectivity index (χ2v) is 5.28. The SMILES string of the molecule is CCN(CC)C1CCC(C(=O)C(C)C)CC1. The molecule has 0 atom stereocenters. The van der Waals surface area contributed by atoms with Crippen molar-refractivity contribution >= 4 is 5.78 Å². The van der Waals surface area contributed by atoms with E-state index in [1.54, 1.807) is 0 Å². The molecule has 16 heavy (non-hydrogen) atoms. The van der Waals surface area contributed by atoms with E-state index >= 15 is 0 Å². The first kappa shape index (κ1) is 13.7. The Balaban J connectivity index is 2.42. The third-order valence-corrected chi connectivity index (χ3v) is 4.00. The summed E-state index contributed by atoms with van der Waals surface area (Å²) in [6.45, 7) is 10.8. The van der Waals surface area contributed by atoms with Crippen molar-refractivity contribution in [3.05, 3.63) is 0 Å². The normalized spacial score (nSPS) is 26.4. The molecule has 94 valence electrons. The van der Waals surface area contributed by atoms with Gasteiger partial charge in [-0.2, -0.15) is 0 Å². The first-order chi connectivity index (χ1) is 7.60. The maximum Gasteiger partial charge on any atom is 0.138 e. The van der Waals surface area contributed by atoms with Gasteiger partial charge in [0.25, 0.3) is 0 Å². The van der Waals surface area contributed by atoms with Crippen LogP contribution in [0.4, 0.5) is 0 Å². The summed E-state index contributed by atoms with van der Waals surface area (Å²) in [4.78, 5) is 14.4. The van der Waals surface area contributed by atoms with Crippen LogP contribution in [0.3, 0.4) is 0 Å². The summed E-state index contributed by atoms with van der Waals surface area (Å²) in [5.41, 5.74) is 0. The number of hydrogen-bond acceptors (Lipinski definition) is 2. The second-order valence-electron chi connectivity index (χ2n) is 5.28. The first-order valence-electron chi connectivity index (χ1n) is 6.87. The van der Waals surface area contributed by atoms with E-state index in [4.69, 9.17) is 0 Å². The number of Topliss-reactive ketones (excluding diaryl/α,β-unsaturated/α-hetero) is 1. The largest absolute Gasteiger partial charge is 0.301 e. The number of rotatable bonds is 5. The number of ketones is 1. The summed E-state index contributed by atoms with van der Waals surface area (Å²) in [6, 6.07) is 0.728. The molecule has 0 amide bonds. The van der Waals surface area contributed by atoms with E-state index in [1.165, 1.54) is 12.8 Å². The molecule has 2 heteroatoms. The molecule has 0 aliphatic heterocycles. The maximum atomic E-state index is 11.9. The summed E-state index contributed by atoms with van der Waals surface area (Å²) in [5.74, 6) is 1.06. The maximum absolute atomic E-state index is 11.9. The average Bonchev–Trinajstić information content (AvgIpc) is 2.30. The van der Waals surface area contributed by atoms with E-state index < -0.39 is 0 Å². The zero-order valence-corrected chi connectivity index (χ0v) is 11.3. The summed E-state index contributed by atoms with van der Waals surface area (Å²) in [6.07, 6.45) is 4.64. The molecule has 0 heterocycles. The molecule has 1 aliphatic carbocycles. The van der Waals surface area contributed by atoms with E-state index in [0.29, 0.717) is 11.7 Å². The van der Waals surface area contributed by atoms with Crippen LogP contribution in [-0.2, 0) is 4.79 Å². The van der Waals surface area contributed by atoms with Crippen molar-refractivity contribution in [3.8, 4) is 0 Å². The van der Waals surface area contributed by atoms with Gasteiger partial charge in [-0.1, -0.05) is 27.7 Å². The summed E-state index contributed by atoms with van der Waals surface area (Å²) in [5, 5.41) is 0. The van der Waals surface area contributed by atoms with Gasteiger partial charge in [-0.05, 0) is 38.8 Å². The second kappa shape index (κ2) is 6.39. The van der Waals surface area contributed by atoms with Crippen LogP contribution in [0.5, 0.6) is 0 Å². The number of hydrogen-bond donors (Lipinski definition) is 0. The van der Waals surface area contributed by atoms with Gasteiger partial charge in [0.15, 0.2) is 0 Å². The minimum Gasteiger partial charge on any atom is -0.301 e. The highest BCUT2D eigenvalue weighted by atomic mass is 16.1. The molecule has 0 radical (unpaired) electrons. The van der Waals surface area contributed by atoms with E-state index in [1.807, 2.05) is 13.8 Å². The molecule has 1 rings (SSSR count). The van der Waals surface area contributed by atoms with Crippen molar-refractivity contribution in [2.45, 2.75) is 59.4 Å². The lowest BCUT2D eigenvalue weighted by Gasteiger charge is -2.35. The van der Waals surface area contributed by atoms with Gasteiger partial charge in [-0.15, -0.1) is 0 Å². The van der Waals surface area contributed by atoms with Gasteiger partial charge in [0.2, 0.25) is 0 Å². The monoisotopic (exact) mass is 225 g/mol. The van der Waals surface area contributed by atoms with Crippen LogP contribution in [0.25, 0.3) is 0 Å². The number of carbonyl (C=O) groups excluding carboxylic acids is 1. The smallest absolute Gasteiger partial charge is 0.138 e. The molecular weight excluding hydrogens is 198 g/mol. The van der Waals surface area contributed by atoms with Crippen LogP contribution in [-0.4, -0.2) is 29.8 Å². The highest BCUT2D eigenvalue weighted by molar-refractivity contribution is 5.82. The lowest BCUT2D eigenvalue weighted by molar-refractivity contribution is -0.127. The number of carbonyl (C=O) groups is 1. The number of nitrogens with zero attached hydrogens (tertiary/aromatic N) is 1. The zero-order chi connectivity index (χ0) is 12.1. The molecule has 0 spiro atoms. The molecular formula is C14H27NO. The fraction of sp³-hybridized carbons (Fsp3) is 0.929. The molecule has 0 unspecified atom stereocenters. The predicted octanol–water partition coefficient (Wildman–Crippen LogP) is 3.11. The molecule has 0 saturated heterocycles. The van der Waals surface area contributed by atoms with E-state index in [-0.39, 0.29) is 5.92 Å². The minimum atomic E-state index is 0.218. The first-order valence-corrected chi connectivity index (χ1v) is 6.87. The third kappa shape index (κ3) is 3.31. The fourth-order valence-electron chi connectivity index (χ4n) is 2.94. The lowest BCUT2D eigenvalue weighted by Crippen LogP contribution is -2.39. The van der Waals surface area contributed by atoms with Gasteiger partial charge >= 0.3 is 0 Å². The topological polar surface area (TPSA) is 20.3 Å². The summed E-state index contributed by atoms with van der Waals surface area (Å²) >= 11 is 0. The van der Waals surface area contributed by atoms with E-state index in [2.05, 4.69) is 18.7 Å². The van der Waals surface area contributed by atoms with Crippen LogP contribution in [0.2, 0.25) is 0 Å². The summed E-state index contributed by atoms with van der Waals surface area (Å²) in [7, 11) is 0. The van der Waals surface area contributed by atoms with Crippen LogP contribution < -0.4 is 0 Å². The predicted molar refractivity (Wildman–Crippen MR) is 68.5 cm³/mol. The van der Waals surface area contributed by atoms with Gasteiger partial charge in [-0.3, -0.25) is 4.79 Å². The lowest BCUT2D eigenvalue weighted by atomic mass is 9.80. The Labute approximate surface area is 100 Å². The van der Waals surface area contributed by atoms with Gasteiger partial charge in [0.05, 0.1) is 0 Å². The van der Waals surface area contributed by atoms with Crippen molar-refractivity contribution in [2.75, 3.05) is 13.1 Å². The molecule has 0 aromatic carbocycles. The molecule has 0 N–H and O–H groups in total. The van der Waals surface area contributed by atoms with E-state index in [0.717, 1.165) is 32.0 Å². The van der Waals surface area contributed by atoms with Crippen LogP contribution in [0.1, 0.15) is 53.4 Å². The zero-order valence-electron chi connectivity index (χ0n) is 11.3. The van der Waals surface area contributed by atoms with Crippen molar-refractivity contribution < 1.29 is 4.79 Å². The van der Waals surface area contributed by atoms with Crippen LogP contribution in [0, 0.1) is 11.8 Å². The van der Waals surface area contributed by atoms with Gasteiger partial charge in [0.1, 0.15) is 5.78 Å². The average molecular weight is 225 g/mol. The van der Waals surface area contributed by atoms with E-state index in [9.17, 15) is 4.79 Å². The van der Waals surface area contributed by atoms with Crippen LogP contribution >= 0.6 is 0 Å². The van der Waals surface area contributed by atoms with Crippen molar-refractivity contribution in [3.63, 3.8) is 0 Å². The van der Waals surface area contributed by atoms with Gasteiger partial charge < -0.3 is 4.90 Å². The Morgan fingerprint density at radius 2 is 1.62 bits per heavy atom. The van der Waals surface area contributed by atoms with Crippen molar-refractivity contribution in [1.29, 1.82) is 0 Å². The highest BCUT2D eigenvalue weighted by Crippen LogP contribution is 2.29. The Bertz CT molecular complexity index is 213.